The van der Waals surface area contributed by atoms with E-state index >= 15 is 0 Å². The van der Waals surface area contributed by atoms with Gasteiger partial charge in [0.05, 0.1) is 6.54 Å². The van der Waals surface area contributed by atoms with E-state index in [1.807, 2.05) is 37.3 Å². The Morgan fingerprint density at radius 2 is 2.08 bits per heavy atom. The van der Waals surface area contributed by atoms with Crippen molar-refractivity contribution in [2.24, 2.45) is 5.16 Å². The second kappa shape index (κ2) is 6.08. The van der Waals surface area contributed by atoms with E-state index in [4.69, 9.17) is 14.3 Å². The zero-order chi connectivity index (χ0) is 17.4. The van der Waals surface area contributed by atoms with E-state index in [9.17, 15) is 4.79 Å². The molecule has 1 amide bonds. The van der Waals surface area contributed by atoms with Crippen LogP contribution in [0.15, 0.2) is 41.7 Å². The van der Waals surface area contributed by atoms with Crippen molar-refractivity contribution in [1.82, 2.24) is 9.88 Å². The number of carbonyl (C=O) groups excluding carboxylic acids is 1. The fourth-order valence-corrected chi connectivity index (χ4v) is 2.81. The maximum absolute atomic E-state index is 12.7. The average molecular weight is 339 g/mol. The standard InChI is InChI=1S/C18H17N3O4/c1-11-4-3-7-19-16(11)17-20-25-12(2)18(22)21(17)9-13-5-6-14-15(8-13)24-10-23-14/h3-8,12H,9-10H2,1-2H3. The number of hydrogen-bond donors (Lipinski definition) is 0. The molecule has 0 saturated heterocycles. The van der Waals surface area contributed by atoms with E-state index in [-0.39, 0.29) is 12.7 Å². The molecule has 128 valence electrons. The Morgan fingerprint density at radius 1 is 1.24 bits per heavy atom. The molecular formula is C18H17N3O4. The molecule has 0 aliphatic carbocycles. The van der Waals surface area contributed by atoms with E-state index in [0.717, 1.165) is 11.1 Å². The first-order valence-corrected chi connectivity index (χ1v) is 7.99. The number of ether oxygens (including phenoxy) is 2. The smallest absolute Gasteiger partial charge is 0.272 e. The number of aryl methyl sites for hydroxylation is 1. The van der Waals surface area contributed by atoms with Gasteiger partial charge in [-0.2, -0.15) is 0 Å². The van der Waals surface area contributed by atoms with Gasteiger partial charge in [0.25, 0.3) is 5.91 Å². The Bertz CT molecular complexity index is 865. The minimum absolute atomic E-state index is 0.160. The lowest BCUT2D eigenvalue weighted by Gasteiger charge is -2.30. The van der Waals surface area contributed by atoms with E-state index < -0.39 is 6.10 Å². The number of oxime groups is 1. The lowest BCUT2D eigenvalue weighted by atomic mass is 10.1. The second-order valence-corrected chi connectivity index (χ2v) is 5.94. The van der Waals surface area contributed by atoms with Crippen LogP contribution in [0.25, 0.3) is 0 Å². The number of aromatic nitrogens is 1. The molecule has 1 aromatic carbocycles. The van der Waals surface area contributed by atoms with Crippen molar-refractivity contribution < 1.29 is 19.1 Å². The quantitative estimate of drug-likeness (QED) is 0.857. The SMILES string of the molecule is Cc1cccnc1C1=NOC(C)C(=O)N1Cc1ccc2c(c1)OCO2. The summed E-state index contributed by atoms with van der Waals surface area (Å²) in [5.74, 6) is 1.64. The molecule has 1 atom stereocenters. The number of amidine groups is 1. The summed E-state index contributed by atoms with van der Waals surface area (Å²) >= 11 is 0. The van der Waals surface area contributed by atoms with Crippen molar-refractivity contribution in [2.45, 2.75) is 26.5 Å². The Kier molecular flexibility index (Phi) is 3.76. The van der Waals surface area contributed by atoms with Gasteiger partial charge in [0.15, 0.2) is 11.5 Å². The minimum atomic E-state index is -0.637. The summed E-state index contributed by atoms with van der Waals surface area (Å²) in [6.07, 6.45) is 1.04. The molecule has 4 rings (SSSR count). The molecule has 2 aromatic rings. The van der Waals surface area contributed by atoms with Crippen LogP contribution in [-0.4, -0.2) is 34.5 Å². The average Bonchev–Trinajstić information content (AvgIpc) is 3.08. The van der Waals surface area contributed by atoms with Gasteiger partial charge in [-0.05, 0) is 43.2 Å². The van der Waals surface area contributed by atoms with Gasteiger partial charge in [-0.3, -0.25) is 14.7 Å². The third-order valence-corrected chi connectivity index (χ3v) is 4.17. The predicted octanol–water partition coefficient (Wildman–Crippen LogP) is 2.23. The van der Waals surface area contributed by atoms with Gasteiger partial charge < -0.3 is 14.3 Å². The molecule has 0 saturated carbocycles. The number of amides is 1. The van der Waals surface area contributed by atoms with Crippen LogP contribution in [0.1, 0.15) is 23.7 Å². The van der Waals surface area contributed by atoms with Crippen LogP contribution in [0.3, 0.4) is 0 Å². The molecule has 7 heteroatoms. The largest absolute Gasteiger partial charge is 0.454 e. The summed E-state index contributed by atoms with van der Waals surface area (Å²) in [4.78, 5) is 23.9. The highest BCUT2D eigenvalue weighted by Crippen LogP contribution is 2.33. The van der Waals surface area contributed by atoms with E-state index in [0.29, 0.717) is 29.6 Å². The number of benzene rings is 1. The zero-order valence-electron chi connectivity index (χ0n) is 13.9. The van der Waals surface area contributed by atoms with Crippen molar-refractivity contribution in [2.75, 3.05) is 6.79 Å². The highest BCUT2D eigenvalue weighted by Gasteiger charge is 2.33. The van der Waals surface area contributed by atoms with Gasteiger partial charge in [0.1, 0.15) is 5.69 Å². The summed E-state index contributed by atoms with van der Waals surface area (Å²) in [5.41, 5.74) is 2.46. The summed E-state index contributed by atoms with van der Waals surface area (Å²) in [7, 11) is 0. The predicted molar refractivity (Wildman–Crippen MR) is 89.2 cm³/mol. The molecule has 25 heavy (non-hydrogen) atoms. The van der Waals surface area contributed by atoms with Crippen molar-refractivity contribution in [3.8, 4) is 11.5 Å². The summed E-state index contributed by atoms with van der Waals surface area (Å²) in [5, 5.41) is 4.15. The monoisotopic (exact) mass is 339 g/mol. The molecule has 0 fully saturated rings. The van der Waals surface area contributed by atoms with Crippen LogP contribution in [-0.2, 0) is 16.2 Å². The Hall–Kier alpha value is -3.09. The van der Waals surface area contributed by atoms with Crippen molar-refractivity contribution in [3.63, 3.8) is 0 Å². The van der Waals surface area contributed by atoms with Gasteiger partial charge >= 0.3 is 0 Å². The number of nitrogens with zero attached hydrogens (tertiary/aromatic N) is 3. The first kappa shape index (κ1) is 15.4. The number of hydrogen-bond acceptors (Lipinski definition) is 6. The normalized spacial score (nSPS) is 18.8. The van der Waals surface area contributed by atoms with Crippen LogP contribution < -0.4 is 9.47 Å². The van der Waals surface area contributed by atoms with Gasteiger partial charge in [-0.15, -0.1) is 0 Å². The molecule has 0 bridgehead atoms. The Morgan fingerprint density at radius 3 is 2.92 bits per heavy atom. The third-order valence-electron chi connectivity index (χ3n) is 4.17. The molecule has 1 aromatic heterocycles. The minimum Gasteiger partial charge on any atom is -0.454 e. The van der Waals surface area contributed by atoms with Gasteiger partial charge in [-0.25, -0.2) is 0 Å². The Balaban J connectivity index is 1.69. The van der Waals surface area contributed by atoms with Crippen molar-refractivity contribution in [3.05, 3.63) is 53.3 Å². The fraction of sp³-hybridized carbons (Fsp3) is 0.278. The van der Waals surface area contributed by atoms with Crippen molar-refractivity contribution >= 4 is 11.7 Å². The number of pyridine rings is 1. The van der Waals surface area contributed by atoms with E-state index in [1.165, 1.54) is 0 Å². The third kappa shape index (κ3) is 2.77. The summed E-state index contributed by atoms with van der Waals surface area (Å²) in [6.45, 7) is 4.16. The maximum atomic E-state index is 12.7. The highest BCUT2D eigenvalue weighted by molar-refractivity contribution is 6.09. The van der Waals surface area contributed by atoms with Crippen LogP contribution >= 0.6 is 0 Å². The van der Waals surface area contributed by atoms with Gasteiger partial charge in [0, 0.05) is 6.20 Å². The summed E-state index contributed by atoms with van der Waals surface area (Å²) in [6, 6.07) is 9.39. The van der Waals surface area contributed by atoms with Crippen LogP contribution in [0.5, 0.6) is 11.5 Å². The molecule has 0 radical (unpaired) electrons. The first-order valence-electron chi connectivity index (χ1n) is 7.99. The summed E-state index contributed by atoms with van der Waals surface area (Å²) < 4.78 is 10.7. The zero-order valence-corrected chi connectivity index (χ0v) is 13.9. The fourth-order valence-electron chi connectivity index (χ4n) is 2.81. The van der Waals surface area contributed by atoms with Gasteiger partial charge in [-0.1, -0.05) is 17.3 Å². The van der Waals surface area contributed by atoms with Crippen LogP contribution in [0.4, 0.5) is 0 Å². The maximum Gasteiger partial charge on any atom is 0.272 e. The number of carbonyl (C=O) groups is 1. The van der Waals surface area contributed by atoms with E-state index in [1.54, 1.807) is 18.0 Å². The topological polar surface area (TPSA) is 73.3 Å². The number of fused-ring (bicyclic) bond motifs is 1. The van der Waals surface area contributed by atoms with Crippen LogP contribution in [0, 0.1) is 6.92 Å². The molecule has 0 spiro atoms. The van der Waals surface area contributed by atoms with E-state index in [2.05, 4.69) is 10.1 Å². The second-order valence-electron chi connectivity index (χ2n) is 5.94. The molecule has 1 unspecified atom stereocenters. The molecule has 2 aliphatic heterocycles. The molecule has 0 N–H and O–H groups in total. The first-order chi connectivity index (χ1) is 12.1. The molecule has 3 heterocycles. The molecular weight excluding hydrogens is 322 g/mol. The van der Waals surface area contributed by atoms with Gasteiger partial charge in [0.2, 0.25) is 18.7 Å². The lowest BCUT2D eigenvalue weighted by Crippen LogP contribution is -2.46. The van der Waals surface area contributed by atoms with Crippen LogP contribution in [0.2, 0.25) is 0 Å². The molecule has 7 nitrogen and oxygen atoms in total. The number of rotatable bonds is 3. The highest BCUT2D eigenvalue weighted by atomic mass is 16.7. The lowest BCUT2D eigenvalue weighted by molar-refractivity contribution is -0.142. The van der Waals surface area contributed by atoms with Crippen molar-refractivity contribution in [1.29, 1.82) is 0 Å². The molecule has 2 aliphatic rings. The Labute approximate surface area is 144 Å².